The van der Waals surface area contributed by atoms with Gasteiger partial charge in [0.1, 0.15) is 0 Å². The third-order valence-corrected chi connectivity index (χ3v) is 5.68. The molecule has 0 saturated carbocycles. The molecule has 166 valence electrons. The van der Waals surface area contributed by atoms with Gasteiger partial charge in [0.15, 0.2) is 0 Å². The lowest BCUT2D eigenvalue weighted by Crippen LogP contribution is -2.44. The minimum Gasteiger partial charge on any atom is -0.481 e. The Morgan fingerprint density at radius 3 is 2.57 bits per heavy atom. The van der Waals surface area contributed by atoms with Gasteiger partial charge in [-0.1, -0.05) is 25.0 Å². The number of aliphatic hydroxyl groups excluding tert-OH is 1. The maximum absolute atomic E-state index is 12.4. The van der Waals surface area contributed by atoms with Crippen LogP contribution >= 0.6 is 0 Å². The second-order valence-corrected chi connectivity index (χ2v) is 8.05. The van der Waals surface area contributed by atoms with Crippen LogP contribution in [0.15, 0.2) is 24.3 Å². The summed E-state index contributed by atoms with van der Waals surface area (Å²) in [5.74, 6) is -0.602. The van der Waals surface area contributed by atoms with Crippen molar-refractivity contribution >= 4 is 17.6 Å². The lowest BCUT2D eigenvalue weighted by molar-refractivity contribution is -0.384. The number of rotatable bonds is 13. The average Bonchev–Trinajstić information content (AvgIpc) is 2.70. The molecule has 8 heteroatoms. The van der Waals surface area contributed by atoms with E-state index in [2.05, 4.69) is 0 Å². The van der Waals surface area contributed by atoms with Gasteiger partial charge < -0.3 is 15.1 Å². The van der Waals surface area contributed by atoms with E-state index in [1.54, 1.807) is 12.1 Å². The van der Waals surface area contributed by atoms with E-state index < -0.39 is 17.0 Å². The number of nitro groups is 1. The van der Waals surface area contributed by atoms with Gasteiger partial charge >= 0.3 is 5.97 Å². The fourth-order valence-electron chi connectivity index (χ4n) is 4.02. The molecule has 0 bridgehead atoms. The van der Waals surface area contributed by atoms with E-state index >= 15 is 0 Å². The number of carboxylic acid groups (broad SMARTS) is 1. The number of nitrogens with zero attached hydrogens (tertiary/aromatic N) is 2. The second-order valence-electron chi connectivity index (χ2n) is 8.05. The summed E-state index contributed by atoms with van der Waals surface area (Å²) >= 11 is 0. The van der Waals surface area contributed by atoms with Gasteiger partial charge in [0.2, 0.25) is 5.91 Å². The lowest BCUT2D eigenvalue weighted by atomic mass is 9.94. The molecule has 1 saturated heterocycles. The number of piperidine rings is 1. The number of aliphatic hydroxyl groups is 1. The topological polar surface area (TPSA) is 121 Å². The molecule has 2 atom stereocenters. The fraction of sp³-hybridized carbons (Fsp3) is 0.636. The third kappa shape index (κ3) is 8.10. The van der Waals surface area contributed by atoms with E-state index in [1.807, 2.05) is 4.90 Å². The molecular formula is C22H32N2O6. The van der Waals surface area contributed by atoms with Crippen molar-refractivity contribution in [2.75, 3.05) is 6.54 Å². The smallest absolute Gasteiger partial charge is 0.303 e. The summed E-state index contributed by atoms with van der Waals surface area (Å²) < 4.78 is 0. The van der Waals surface area contributed by atoms with Crippen LogP contribution in [0, 0.1) is 10.1 Å². The summed E-state index contributed by atoms with van der Waals surface area (Å²) in [4.78, 5) is 35.1. The number of carboxylic acids is 1. The number of likely N-dealkylation sites (tertiary alicyclic amines) is 1. The van der Waals surface area contributed by atoms with Crippen LogP contribution in [0.4, 0.5) is 5.69 Å². The first-order valence-electron chi connectivity index (χ1n) is 10.8. The van der Waals surface area contributed by atoms with Crippen LogP contribution in [0.5, 0.6) is 0 Å². The van der Waals surface area contributed by atoms with E-state index in [4.69, 9.17) is 5.11 Å². The highest BCUT2D eigenvalue weighted by atomic mass is 16.6. The number of aliphatic carboxylic acids is 1. The molecule has 0 radical (unpaired) electrons. The zero-order valence-electron chi connectivity index (χ0n) is 17.4. The van der Waals surface area contributed by atoms with Crippen molar-refractivity contribution in [3.05, 3.63) is 39.9 Å². The molecule has 1 heterocycles. The van der Waals surface area contributed by atoms with Crippen molar-refractivity contribution in [3.8, 4) is 0 Å². The molecule has 0 aromatic heterocycles. The maximum Gasteiger partial charge on any atom is 0.303 e. The van der Waals surface area contributed by atoms with Crippen LogP contribution in [-0.2, 0) is 16.0 Å². The molecule has 0 aliphatic carbocycles. The number of non-ortho nitro benzene ring substituents is 1. The molecule has 1 unspecified atom stereocenters. The highest BCUT2D eigenvalue weighted by Gasteiger charge is 2.27. The van der Waals surface area contributed by atoms with Gasteiger partial charge in [-0.3, -0.25) is 19.7 Å². The molecule has 2 rings (SSSR count). The van der Waals surface area contributed by atoms with Crippen LogP contribution in [0.25, 0.3) is 0 Å². The van der Waals surface area contributed by atoms with E-state index in [1.165, 1.54) is 12.1 Å². The molecule has 1 aromatic carbocycles. The van der Waals surface area contributed by atoms with Crippen LogP contribution in [0.1, 0.15) is 69.8 Å². The Balaban J connectivity index is 1.75. The molecule has 1 aliphatic heterocycles. The molecule has 2 N–H and O–H groups in total. The van der Waals surface area contributed by atoms with Crippen molar-refractivity contribution in [2.24, 2.45) is 0 Å². The Hall–Kier alpha value is -2.48. The molecule has 8 nitrogen and oxygen atoms in total. The highest BCUT2D eigenvalue weighted by molar-refractivity contribution is 5.77. The number of nitro benzene ring substituents is 1. The van der Waals surface area contributed by atoms with Gasteiger partial charge in [0.25, 0.3) is 5.69 Å². The summed E-state index contributed by atoms with van der Waals surface area (Å²) in [6.07, 6.45) is 7.06. The lowest BCUT2D eigenvalue weighted by Gasteiger charge is -2.36. The Labute approximate surface area is 177 Å². The molecule has 1 aliphatic rings. The van der Waals surface area contributed by atoms with Crippen molar-refractivity contribution in [3.63, 3.8) is 0 Å². The first-order valence-corrected chi connectivity index (χ1v) is 10.8. The van der Waals surface area contributed by atoms with Crippen molar-refractivity contribution in [1.29, 1.82) is 0 Å². The number of hydrogen-bond acceptors (Lipinski definition) is 5. The van der Waals surface area contributed by atoms with Crippen LogP contribution in [-0.4, -0.2) is 50.6 Å². The number of hydrogen-bond donors (Lipinski definition) is 2. The number of carbonyl (C=O) groups excluding carboxylic acids is 1. The van der Waals surface area contributed by atoms with E-state index in [9.17, 15) is 24.8 Å². The monoisotopic (exact) mass is 420 g/mol. The summed E-state index contributed by atoms with van der Waals surface area (Å²) in [7, 11) is 0. The van der Waals surface area contributed by atoms with Gasteiger partial charge in [0.05, 0.1) is 11.0 Å². The van der Waals surface area contributed by atoms with Crippen molar-refractivity contribution < 1.29 is 24.7 Å². The SMILES string of the molecule is O=C(O)CCCCCCN1C(=O)CCC[C@@H]1CCC(O)Cc1ccc([N+](=O)[O-])cc1. The fourth-order valence-corrected chi connectivity index (χ4v) is 4.02. The normalized spacial score (nSPS) is 17.7. The predicted octanol–water partition coefficient (Wildman–Crippen LogP) is 3.69. The van der Waals surface area contributed by atoms with Crippen molar-refractivity contribution in [1.82, 2.24) is 4.90 Å². The van der Waals surface area contributed by atoms with Gasteiger partial charge in [-0.15, -0.1) is 0 Å². The Morgan fingerprint density at radius 1 is 1.20 bits per heavy atom. The molecule has 0 spiro atoms. The largest absolute Gasteiger partial charge is 0.481 e. The Morgan fingerprint density at radius 2 is 1.90 bits per heavy atom. The van der Waals surface area contributed by atoms with Gasteiger partial charge in [-0.05, 0) is 50.5 Å². The summed E-state index contributed by atoms with van der Waals surface area (Å²) in [6, 6.07) is 6.36. The van der Waals surface area contributed by atoms with Gasteiger partial charge in [-0.2, -0.15) is 0 Å². The summed E-state index contributed by atoms with van der Waals surface area (Å²) in [6.45, 7) is 0.690. The van der Waals surface area contributed by atoms with Crippen molar-refractivity contribution in [2.45, 2.75) is 82.8 Å². The highest BCUT2D eigenvalue weighted by Crippen LogP contribution is 2.24. The number of carbonyl (C=O) groups is 2. The molecule has 1 amide bonds. The van der Waals surface area contributed by atoms with E-state index in [0.717, 1.165) is 44.1 Å². The summed E-state index contributed by atoms with van der Waals surface area (Å²) in [5.41, 5.74) is 0.888. The first-order chi connectivity index (χ1) is 14.4. The number of benzene rings is 1. The third-order valence-electron chi connectivity index (χ3n) is 5.68. The molecule has 30 heavy (non-hydrogen) atoms. The number of amides is 1. The molecule has 1 aromatic rings. The van der Waals surface area contributed by atoms with Gasteiger partial charge in [-0.25, -0.2) is 0 Å². The quantitative estimate of drug-likeness (QED) is 0.285. The zero-order chi connectivity index (χ0) is 21.9. The summed E-state index contributed by atoms with van der Waals surface area (Å²) in [5, 5.41) is 29.8. The van der Waals surface area contributed by atoms with Gasteiger partial charge in [0, 0.05) is 37.6 Å². The molecular weight excluding hydrogens is 388 g/mol. The Kier molecular flexibility index (Phi) is 9.73. The zero-order valence-corrected chi connectivity index (χ0v) is 17.4. The van der Waals surface area contributed by atoms with Crippen LogP contribution in [0.3, 0.4) is 0 Å². The van der Waals surface area contributed by atoms with E-state index in [-0.39, 0.29) is 24.1 Å². The minimum atomic E-state index is -0.770. The number of unbranched alkanes of at least 4 members (excludes halogenated alkanes) is 3. The Bertz CT molecular complexity index is 706. The minimum absolute atomic E-state index is 0.0348. The standard InChI is InChI=1S/C22H32N2O6/c25-20(16-17-9-11-19(12-10-17)24(29)30)14-13-18-6-5-7-21(26)23(18)15-4-2-1-3-8-22(27)28/h9-12,18,20,25H,1-8,13-16H2,(H,27,28)/t18-,20?/m1/s1. The maximum atomic E-state index is 12.4. The van der Waals surface area contributed by atoms with Crippen LogP contribution < -0.4 is 0 Å². The van der Waals surface area contributed by atoms with Crippen LogP contribution in [0.2, 0.25) is 0 Å². The first kappa shape index (κ1) is 23.8. The average molecular weight is 421 g/mol. The molecule has 1 fully saturated rings. The second kappa shape index (κ2) is 12.3. The predicted molar refractivity (Wildman–Crippen MR) is 112 cm³/mol. The van der Waals surface area contributed by atoms with E-state index in [0.29, 0.717) is 32.2 Å².